The second kappa shape index (κ2) is 13.6. The van der Waals surface area contributed by atoms with Crippen LogP contribution < -0.4 is 14.4 Å². The van der Waals surface area contributed by atoms with Gasteiger partial charge in [0.25, 0.3) is 0 Å². The number of benzene rings is 1. The van der Waals surface area contributed by atoms with Crippen LogP contribution in [0.2, 0.25) is 0 Å². The highest BCUT2D eigenvalue weighted by Gasteiger charge is 2.47. The number of fused-ring (bicyclic) bond motifs is 1. The lowest BCUT2D eigenvalue weighted by Gasteiger charge is -2.31. The molecule has 41 heavy (non-hydrogen) atoms. The number of carboxylic acid groups (broad SMARTS) is 1. The zero-order valence-corrected chi connectivity index (χ0v) is 23.7. The number of hydrogen-bond donors (Lipinski definition) is 2. The Labute approximate surface area is 241 Å². The Morgan fingerprint density at radius 2 is 2.07 bits per heavy atom. The van der Waals surface area contributed by atoms with Crippen molar-refractivity contribution in [3.8, 4) is 11.5 Å². The van der Waals surface area contributed by atoms with Gasteiger partial charge in [0.05, 0.1) is 37.1 Å². The number of amides is 1. The zero-order chi connectivity index (χ0) is 28.8. The molecule has 5 rings (SSSR count). The second-order valence-corrected chi connectivity index (χ2v) is 11.2. The molecule has 3 aliphatic rings. The molecule has 2 aromatic rings. The molecule has 10 nitrogen and oxygen atoms in total. The number of hydrogen-bond acceptors (Lipinski definition) is 8. The van der Waals surface area contributed by atoms with Crippen molar-refractivity contribution in [3.63, 3.8) is 0 Å². The normalized spacial score (nSPS) is 24.0. The van der Waals surface area contributed by atoms with Crippen LogP contribution in [0.15, 0.2) is 36.7 Å². The highest BCUT2D eigenvalue weighted by molar-refractivity contribution is 5.94. The van der Waals surface area contributed by atoms with Crippen LogP contribution in [-0.4, -0.2) is 77.2 Å². The molecule has 4 heterocycles. The Balaban J connectivity index is 1.44. The average molecular weight is 568 g/mol. The van der Waals surface area contributed by atoms with Gasteiger partial charge in [-0.25, -0.2) is 0 Å². The van der Waals surface area contributed by atoms with E-state index in [0.29, 0.717) is 36.6 Å². The smallest absolute Gasteiger partial charge is 0.308 e. The SMILES string of the molecule is CCCCN(C(=O)CN1C[C@H](c2cc(CO)c3c(c2)OCO3)[C@@H](C(=O)O)[C@@H]1CCC1CCCCO1)c1cccnc1. The molecule has 3 aliphatic heterocycles. The zero-order valence-electron chi connectivity index (χ0n) is 23.7. The molecule has 222 valence electrons. The molecule has 1 unspecified atom stereocenters. The average Bonchev–Trinajstić information content (AvgIpc) is 3.61. The van der Waals surface area contributed by atoms with Gasteiger partial charge in [-0.05, 0) is 68.4 Å². The molecule has 2 fully saturated rings. The van der Waals surface area contributed by atoms with Crippen LogP contribution in [0.25, 0.3) is 0 Å². The van der Waals surface area contributed by atoms with E-state index in [0.717, 1.165) is 56.4 Å². The lowest BCUT2D eigenvalue weighted by atomic mass is 9.82. The van der Waals surface area contributed by atoms with Gasteiger partial charge < -0.3 is 29.3 Å². The van der Waals surface area contributed by atoms with Crippen LogP contribution in [0, 0.1) is 5.92 Å². The number of carbonyl (C=O) groups excluding carboxylic acids is 1. The van der Waals surface area contributed by atoms with Crippen molar-refractivity contribution >= 4 is 17.6 Å². The topological polar surface area (TPSA) is 122 Å². The molecule has 0 bridgehead atoms. The number of aliphatic hydroxyl groups excluding tert-OH is 1. The van der Waals surface area contributed by atoms with Gasteiger partial charge in [0.2, 0.25) is 12.7 Å². The summed E-state index contributed by atoms with van der Waals surface area (Å²) in [6.07, 6.45) is 9.79. The maximum atomic E-state index is 13.8. The first kappa shape index (κ1) is 29.3. The van der Waals surface area contributed by atoms with Gasteiger partial charge in [-0.1, -0.05) is 13.3 Å². The van der Waals surface area contributed by atoms with E-state index in [1.165, 1.54) is 0 Å². The summed E-state index contributed by atoms with van der Waals surface area (Å²) in [4.78, 5) is 34.8. The summed E-state index contributed by atoms with van der Waals surface area (Å²) in [6.45, 7) is 3.72. The third-order valence-corrected chi connectivity index (χ3v) is 8.59. The minimum atomic E-state index is -0.891. The molecule has 1 aromatic heterocycles. The first-order valence-corrected chi connectivity index (χ1v) is 14.8. The first-order chi connectivity index (χ1) is 20.0. The van der Waals surface area contributed by atoms with E-state index in [4.69, 9.17) is 14.2 Å². The molecule has 0 saturated carbocycles. The van der Waals surface area contributed by atoms with E-state index in [1.807, 2.05) is 29.2 Å². The minimum Gasteiger partial charge on any atom is -0.481 e. The van der Waals surface area contributed by atoms with Crippen molar-refractivity contribution in [3.05, 3.63) is 47.8 Å². The molecule has 2 saturated heterocycles. The second-order valence-electron chi connectivity index (χ2n) is 11.2. The number of carboxylic acids is 1. The summed E-state index contributed by atoms with van der Waals surface area (Å²) >= 11 is 0. The Morgan fingerprint density at radius 1 is 1.20 bits per heavy atom. The van der Waals surface area contributed by atoms with Crippen molar-refractivity contribution in [2.45, 2.75) is 76.5 Å². The lowest BCUT2D eigenvalue weighted by Crippen LogP contribution is -2.45. The number of anilines is 1. The van der Waals surface area contributed by atoms with Gasteiger partial charge in [-0.2, -0.15) is 0 Å². The molecule has 2 N–H and O–H groups in total. The number of aliphatic hydroxyl groups is 1. The van der Waals surface area contributed by atoms with Gasteiger partial charge in [0.15, 0.2) is 11.5 Å². The van der Waals surface area contributed by atoms with E-state index < -0.39 is 11.9 Å². The lowest BCUT2D eigenvalue weighted by molar-refractivity contribution is -0.143. The summed E-state index contributed by atoms with van der Waals surface area (Å²) in [7, 11) is 0. The van der Waals surface area contributed by atoms with Crippen LogP contribution in [0.3, 0.4) is 0 Å². The van der Waals surface area contributed by atoms with Crippen LogP contribution in [-0.2, 0) is 20.9 Å². The number of unbranched alkanes of at least 4 members (excludes halogenated alkanes) is 1. The van der Waals surface area contributed by atoms with E-state index in [9.17, 15) is 19.8 Å². The van der Waals surface area contributed by atoms with Crippen LogP contribution in [0.1, 0.15) is 68.9 Å². The Hall–Kier alpha value is -3.21. The largest absolute Gasteiger partial charge is 0.481 e. The fourth-order valence-corrected chi connectivity index (χ4v) is 6.51. The quantitative estimate of drug-likeness (QED) is 0.393. The Morgan fingerprint density at radius 3 is 2.78 bits per heavy atom. The number of pyridine rings is 1. The van der Waals surface area contributed by atoms with E-state index in [-0.39, 0.29) is 43.9 Å². The minimum absolute atomic E-state index is 0.0609. The van der Waals surface area contributed by atoms with Crippen LogP contribution >= 0.6 is 0 Å². The van der Waals surface area contributed by atoms with Gasteiger partial charge in [-0.15, -0.1) is 0 Å². The molecule has 1 amide bonds. The fourth-order valence-electron chi connectivity index (χ4n) is 6.51. The molecular formula is C31H41N3O7. The molecule has 10 heteroatoms. The third-order valence-electron chi connectivity index (χ3n) is 8.59. The Kier molecular flexibility index (Phi) is 9.74. The molecule has 0 aliphatic carbocycles. The number of ether oxygens (including phenoxy) is 3. The van der Waals surface area contributed by atoms with Crippen molar-refractivity contribution in [1.82, 2.24) is 9.88 Å². The maximum Gasteiger partial charge on any atom is 0.308 e. The van der Waals surface area contributed by atoms with Crippen molar-refractivity contribution in [2.24, 2.45) is 5.92 Å². The fraction of sp³-hybridized carbons (Fsp3) is 0.581. The molecular weight excluding hydrogens is 526 g/mol. The summed E-state index contributed by atoms with van der Waals surface area (Å²) in [6, 6.07) is 7.01. The molecule has 4 atom stereocenters. The van der Waals surface area contributed by atoms with E-state index in [1.54, 1.807) is 17.3 Å². The summed E-state index contributed by atoms with van der Waals surface area (Å²) < 4.78 is 17.1. The van der Waals surface area contributed by atoms with Crippen LogP contribution in [0.5, 0.6) is 11.5 Å². The van der Waals surface area contributed by atoms with Gasteiger partial charge >= 0.3 is 5.97 Å². The predicted octanol–water partition coefficient (Wildman–Crippen LogP) is 3.95. The van der Waals surface area contributed by atoms with Crippen molar-refractivity contribution < 1.29 is 34.0 Å². The number of likely N-dealkylation sites (tertiary alicyclic amines) is 1. The van der Waals surface area contributed by atoms with Gasteiger partial charge in [-0.3, -0.25) is 19.5 Å². The number of aromatic nitrogens is 1. The van der Waals surface area contributed by atoms with E-state index in [2.05, 4.69) is 11.9 Å². The van der Waals surface area contributed by atoms with Crippen LogP contribution in [0.4, 0.5) is 5.69 Å². The predicted molar refractivity (Wildman–Crippen MR) is 152 cm³/mol. The Bertz CT molecular complexity index is 1190. The van der Waals surface area contributed by atoms with E-state index >= 15 is 0 Å². The highest BCUT2D eigenvalue weighted by atomic mass is 16.7. The van der Waals surface area contributed by atoms with Crippen molar-refractivity contribution in [2.75, 3.05) is 37.9 Å². The summed E-state index contributed by atoms with van der Waals surface area (Å²) in [5, 5.41) is 20.6. The molecule has 1 aromatic carbocycles. The monoisotopic (exact) mass is 567 g/mol. The number of nitrogens with zero attached hydrogens (tertiary/aromatic N) is 3. The van der Waals surface area contributed by atoms with Gasteiger partial charge in [0, 0.05) is 43.4 Å². The third kappa shape index (κ3) is 6.66. The maximum absolute atomic E-state index is 13.8. The summed E-state index contributed by atoms with van der Waals surface area (Å²) in [5.74, 6) is -1.07. The number of aliphatic carboxylic acids is 1. The highest BCUT2D eigenvalue weighted by Crippen LogP contribution is 2.45. The summed E-state index contributed by atoms with van der Waals surface area (Å²) in [5.41, 5.74) is 2.09. The number of rotatable bonds is 12. The molecule has 0 radical (unpaired) electrons. The molecule has 0 spiro atoms. The first-order valence-electron chi connectivity index (χ1n) is 14.8. The van der Waals surface area contributed by atoms with Gasteiger partial charge in [0.1, 0.15) is 0 Å². The standard InChI is InChI=1S/C31H41N3O7/c1-2-3-12-34(23-7-6-11-32-16-23)28(36)18-33-17-25(21-14-22(19-35)30-27(15-21)40-20-41-30)29(31(37)38)26(33)10-9-24-8-4-5-13-39-24/h6-7,11,14-16,24-26,29,35H,2-5,8-10,12-13,17-20H2,1H3,(H,37,38)/t24?,25-,26+,29-/m1/s1. The number of carbonyl (C=O) groups is 2. The van der Waals surface area contributed by atoms with Crippen molar-refractivity contribution in [1.29, 1.82) is 0 Å².